The maximum Gasteiger partial charge on any atom is 0.164 e. The van der Waals surface area contributed by atoms with Gasteiger partial charge in [0, 0.05) is 23.9 Å². The van der Waals surface area contributed by atoms with Crippen molar-refractivity contribution in [3.05, 3.63) is 47.5 Å². The first-order chi connectivity index (χ1) is 9.85. The van der Waals surface area contributed by atoms with Crippen molar-refractivity contribution in [1.82, 2.24) is 9.97 Å². The van der Waals surface area contributed by atoms with Gasteiger partial charge in [0.15, 0.2) is 11.5 Å². The van der Waals surface area contributed by atoms with Gasteiger partial charge in [-0.1, -0.05) is 6.07 Å². The topological polar surface area (TPSA) is 44.2 Å². The molecule has 0 saturated heterocycles. The second kappa shape index (κ2) is 5.49. The van der Waals surface area contributed by atoms with Gasteiger partial charge in [-0.2, -0.15) is 0 Å². The molecule has 0 bridgehead atoms. The Morgan fingerprint density at radius 3 is 2.60 bits per heavy atom. The molecule has 1 unspecified atom stereocenters. The summed E-state index contributed by atoms with van der Waals surface area (Å²) in [6, 6.07) is 5.94. The number of ether oxygens (including phenoxy) is 2. The summed E-state index contributed by atoms with van der Waals surface area (Å²) in [6.07, 6.45) is 6.81. The van der Waals surface area contributed by atoms with E-state index in [1.165, 1.54) is 11.1 Å². The summed E-state index contributed by atoms with van der Waals surface area (Å²) < 4.78 is 10.9. The summed E-state index contributed by atoms with van der Waals surface area (Å²) in [4.78, 5) is 8.83. The van der Waals surface area contributed by atoms with Crippen molar-refractivity contribution in [3.63, 3.8) is 0 Å². The van der Waals surface area contributed by atoms with Gasteiger partial charge in [-0.15, -0.1) is 0 Å². The van der Waals surface area contributed by atoms with Crippen LogP contribution in [0.4, 0.5) is 0 Å². The van der Waals surface area contributed by atoms with Gasteiger partial charge in [-0.3, -0.25) is 0 Å². The van der Waals surface area contributed by atoms with Crippen molar-refractivity contribution in [1.29, 1.82) is 0 Å². The number of rotatable bonds is 3. The fourth-order valence-corrected chi connectivity index (χ4v) is 2.99. The minimum absolute atomic E-state index is 0.250. The monoisotopic (exact) mass is 270 g/mol. The Hall–Kier alpha value is -2.10. The van der Waals surface area contributed by atoms with E-state index in [4.69, 9.17) is 9.47 Å². The molecule has 1 aromatic heterocycles. The predicted octanol–water partition coefficient (Wildman–Crippen LogP) is 2.96. The molecule has 1 atom stereocenters. The summed E-state index contributed by atoms with van der Waals surface area (Å²) >= 11 is 0. The van der Waals surface area contributed by atoms with Gasteiger partial charge in [0.05, 0.1) is 14.2 Å². The number of hydrogen-bond acceptors (Lipinski definition) is 4. The van der Waals surface area contributed by atoms with Crippen LogP contribution < -0.4 is 9.47 Å². The second-order valence-electron chi connectivity index (χ2n) is 4.92. The van der Waals surface area contributed by atoms with Crippen LogP contribution in [0, 0.1) is 0 Å². The molecule has 1 heterocycles. The molecule has 0 radical (unpaired) electrons. The van der Waals surface area contributed by atoms with Crippen molar-refractivity contribution in [2.45, 2.75) is 25.2 Å². The number of benzene rings is 1. The third-order valence-electron chi connectivity index (χ3n) is 3.88. The van der Waals surface area contributed by atoms with E-state index < -0.39 is 0 Å². The maximum atomic E-state index is 5.55. The Labute approximate surface area is 118 Å². The first-order valence-electron chi connectivity index (χ1n) is 6.85. The molecule has 0 N–H and O–H groups in total. The average molecular weight is 270 g/mol. The molecule has 2 aromatic rings. The fourth-order valence-electron chi connectivity index (χ4n) is 2.99. The molecule has 4 heteroatoms. The summed E-state index contributed by atoms with van der Waals surface area (Å²) in [5.74, 6) is 2.78. The van der Waals surface area contributed by atoms with Crippen LogP contribution in [0.3, 0.4) is 0 Å². The third kappa shape index (κ3) is 2.11. The lowest BCUT2D eigenvalue weighted by Crippen LogP contribution is -2.14. The molecule has 4 nitrogen and oxygen atoms in total. The maximum absolute atomic E-state index is 5.55. The van der Waals surface area contributed by atoms with Gasteiger partial charge in [0.1, 0.15) is 5.82 Å². The van der Waals surface area contributed by atoms with Gasteiger partial charge < -0.3 is 9.47 Å². The normalized spacial score (nSPS) is 17.4. The van der Waals surface area contributed by atoms with Gasteiger partial charge >= 0.3 is 0 Å². The zero-order valence-corrected chi connectivity index (χ0v) is 11.8. The molecule has 1 aromatic carbocycles. The van der Waals surface area contributed by atoms with Crippen LogP contribution in [-0.4, -0.2) is 24.2 Å². The molecular weight excluding hydrogens is 252 g/mol. The quantitative estimate of drug-likeness (QED) is 0.860. The van der Waals surface area contributed by atoms with Crippen molar-refractivity contribution < 1.29 is 9.47 Å². The standard InChI is InChI=1S/C16H18N2O2/c1-19-14-8-7-11-12(15(14)20-2)5-3-6-13(11)16-17-9-4-10-18-16/h4,7-10,13H,3,5-6H2,1-2H3. The van der Waals surface area contributed by atoms with E-state index >= 15 is 0 Å². The molecule has 0 saturated carbocycles. The van der Waals surface area contributed by atoms with Crippen molar-refractivity contribution in [2.24, 2.45) is 0 Å². The Bertz CT molecular complexity index is 599. The summed E-state index contributed by atoms with van der Waals surface area (Å²) in [5.41, 5.74) is 2.50. The van der Waals surface area contributed by atoms with E-state index in [0.29, 0.717) is 0 Å². The Kier molecular flexibility index (Phi) is 3.54. The lowest BCUT2D eigenvalue weighted by Gasteiger charge is -2.26. The number of hydrogen-bond donors (Lipinski definition) is 0. The highest BCUT2D eigenvalue weighted by molar-refractivity contribution is 5.53. The molecular formula is C16H18N2O2. The molecule has 0 fully saturated rings. The van der Waals surface area contributed by atoms with Crippen LogP contribution >= 0.6 is 0 Å². The summed E-state index contributed by atoms with van der Waals surface area (Å²) in [6.45, 7) is 0. The van der Waals surface area contributed by atoms with Crippen LogP contribution in [-0.2, 0) is 6.42 Å². The van der Waals surface area contributed by atoms with Crippen LogP contribution in [0.15, 0.2) is 30.6 Å². The highest BCUT2D eigenvalue weighted by Gasteiger charge is 2.27. The zero-order valence-electron chi connectivity index (χ0n) is 11.8. The summed E-state index contributed by atoms with van der Waals surface area (Å²) in [5, 5.41) is 0. The number of methoxy groups -OCH3 is 2. The lowest BCUT2D eigenvalue weighted by molar-refractivity contribution is 0.348. The molecule has 0 amide bonds. The van der Waals surface area contributed by atoms with E-state index in [2.05, 4.69) is 16.0 Å². The Morgan fingerprint density at radius 1 is 1.10 bits per heavy atom. The summed E-state index contributed by atoms with van der Waals surface area (Å²) in [7, 11) is 3.37. The number of aromatic nitrogens is 2. The third-order valence-corrected chi connectivity index (χ3v) is 3.88. The van der Waals surface area contributed by atoms with Crippen LogP contribution in [0.1, 0.15) is 35.7 Å². The average Bonchev–Trinajstić information content (AvgIpc) is 2.53. The predicted molar refractivity (Wildman–Crippen MR) is 76.4 cm³/mol. The molecule has 3 rings (SSSR count). The van der Waals surface area contributed by atoms with Crippen LogP contribution in [0.2, 0.25) is 0 Å². The lowest BCUT2D eigenvalue weighted by atomic mass is 9.81. The number of fused-ring (bicyclic) bond motifs is 1. The van der Waals surface area contributed by atoms with Crippen LogP contribution in [0.5, 0.6) is 11.5 Å². The van der Waals surface area contributed by atoms with Crippen molar-refractivity contribution in [3.8, 4) is 11.5 Å². The van der Waals surface area contributed by atoms with E-state index in [1.807, 2.05) is 12.1 Å². The molecule has 0 aliphatic heterocycles. The molecule has 104 valence electrons. The minimum Gasteiger partial charge on any atom is -0.493 e. The first kappa shape index (κ1) is 12.9. The molecule has 1 aliphatic rings. The smallest absolute Gasteiger partial charge is 0.164 e. The largest absolute Gasteiger partial charge is 0.493 e. The first-order valence-corrected chi connectivity index (χ1v) is 6.85. The van der Waals surface area contributed by atoms with Gasteiger partial charge in [-0.25, -0.2) is 9.97 Å². The Morgan fingerprint density at radius 2 is 1.90 bits per heavy atom. The minimum atomic E-state index is 0.250. The van der Waals surface area contributed by atoms with E-state index in [0.717, 1.165) is 36.6 Å². The van der Waals surface area contributed by atoms with E-state index in [-0.39, 0.29) is 5.92 Å². The highest BCUT2D eigenvalue weighted by Crippen LogP contribution is 2.43. The van der Waals surface area contributed by atoms with Gasteiger partial charge in [0.25, 0.3) is 0 Å². The fraction of sp³-hybridized carbons (Fsp3) is 0.375. The Balaban J connectivity index is 2.10. The molecule has 1 aliphatic carbocycles. The van der Waals surface area contributed by atoms with Crippen molar-refractivity contribution >= 4 is 0 Å². The van der Waals surface area contributed by atoms with Gasteiger partial charge in [0.2, 0.25) is 0 Å². The van der Waals surface area contributed by atoms with Crippen molar-refractivity contribution in [2.75, 3.05) is 14.2 Å². The SMILES string of the molecule is COc1ccc2c(c1OC)CCCC2c1ncccn1. The molecule has 0 spiro atoms. The van der Waals surface area contributed by atoms with Gasteiger partial charge in [-0.05, 0) is 37.0 Å². The highest BCUT2D eigenvalue weighted by atomic mass is 16.5. The number of nitrogens with zero attached hydrogens (tertiary/aromatic N) is 2. The van der Waals surface area contributed by atoms with E-state index in [1.54, 1.807) is 26.6 Å². The van der Waals surface area contributed by atoms with E-state index in [9.17, 15) is 0 Å². The molecule has 20 heavy (non-hydrogen) atoms. The van der Waals surface area contributed by atoms with Crippen LogP contribution in [0.25, 0.3) is 0 Å². The second-order valence-corrected chi connectivity index (χ2v) is 4.92. The zero-order chi connectivity index (χ0) is 13.9.